The molecule has 0 bridgehead atoms. The van der Waals surface area contributed by atoms with E-state index in [9.17, 15) is 5.11 Å². The van der Waals surface area contributed by atoms with E-state index in [2.05, 4.69) is 30.8 Å². The molecular formula is C21H25N7O. The predicted molar refractivity (Wildman–Crippen MR) is 116 cm³/mol. The van der Waals surface area contributed by atoms with Crippen molar-refractivity contribution in [1.82, 2.24) is 15.0 Å². The first-order chi connectivity index (χ1) is 14.2. The van der Waals surface area contributed by atoms with Gasteiger partial charge in [0, 0.05) is 25.2 Å². The normalized spacial score (nSPS) is 10.8. The number of benzene rings is 2. The van der Waals surface area contributed by atoms with Crippen molar-refractivity contribution in [2.75, 3.05) is 28.7 Å². The van der Waals surface area contributed by atoms with Crippen LogP contribution in [0.1, 0.15) is 25.0 Å². The zero-order chi connectivity index (χ0) is 20.5. The number of hydrogen-bond donors (Lipinski definition) is 3. The highest BCUT2D eigenvalue weighted by Gasteiger charge is 2.11. The molecule has 0 aliphatic heterocycles. The van der Waals surface area contributed by atoms with Crippen molar-refractivity contribution >= 4 is 24.1 Å². The summed E-state index contributed by atoms with van der Waals surface area (Å²) in [5, 5.41) is 17.2. The maximum atomic E-state index is 9.83. The lowest BCUT2D eigenvalue weighted by atomic mass is 10.2. The van der Waals surface area contributed by atoms with Gasteiger partial charge in [0.05, 0.1) is 6.21 Å². The molecular weight excluding hydrogens is 366 g/mol. The highest BCUT2D eigenvalue weighted by atomic mass is 16.3. The Kier molecular flexibility index (Phi) is 6.94. The molecule has 0 radical (unpaired) electrons. The van der Waals surface area contributed by atoms with Crippen molar-refractivity contribution in [2.24, 2.45) is 5.10 Å². The highest BCUT2D eigenvalue weighted by Crippen LogP contribution is 2.15. The van der Waals surface area contributed by atoms with Gasteiger partial charge in [-0.25, -0.2) is 5.43 Å². The van der Waals surface area contributed by atoms with Crippen LogP contribution in [-0.4, -0.2) is 39.4 Å². The molecule has 0 saturated carbocycles. The molecule has 29 heavy (non-hydrogen) atoms. The zero-order valence-electron chi connectivity index (χ0n) is 16.6. The van der Waals surface area contributed by atoms with Crippen LogP contribution in [0.15, 0.2) is 59.7 Å². The lowest BCUT2D eigenvalue weighted by Crippen LogP contribution is -2.25. The van der Waals surface area contributed by atoms with E-state index in [0.29, 0.717) is 30.0 Å². The molecule has 0 fully saturated rings. The first kappa shape index (κ1) is 20.1. The number of rotatable bonds is 9. The van der Waals surface area contributed by atoms with E-state index in [1.54, 1.807) is 18.2 Å². The van der Waals surface area contributed by atoms with E-state index in [1.165, 1.54) is 6.21 Å². The lowest BCUT2D eigenvalue weighted by Gasteiger charge is -2.19. The molecule has 3 rings (SSSR count). The fraction of sp³-hybridized carbons (Fsp3) is 0.238. The van der Waals surface area contributed by atoms with E-state index in [1.807, 2.05) is 55.1 Å². The number of para-hydroxylation sites is 1. The van der Waals surface area contributed by atoms with Gasteiger partial charge < -0.3 is 15.3 Å². The summed E-state index contributed by atoms with van der Waals surface area (Å²) in [5.74, 6) is 1.51. The Labute approximate surface area is 170 Å². The number of phenolic OH excluding ortho intramolecular Hbond substituents is 1. The summed E-state index contributed by atoms with van der Waals surface area (Å²) in [6.07, 6.45) is 1.52. The fourth-order valence-electron chi connectivity index (χ4n) is 2.67. The summed E-state index contributed by atoms with van der Waals surface area (Å²) in [7, 11) is 0. The summed E-state index contributed by atoms with van der Waals surface area (Å²) in [5.41, 5.74) is 4.56. The second kappa shape index (κ2) is 10.0. The van der Waals surface area contributed by atoms with Gasteiger partial charge in [0.15, 0.2) is 0 Å². The molecule has 150 valence electrons. The van der Waals surface area contributed by atoms with Gasteiger partial charge >= 0.3 is 0 Å². The highest BCUT2D eigenvalue weighted by molar-refractivity contribution is 5.83. The Bertz CT molecular complexity index is 943. The Hall–Kier alpha value is -3.68. The van der Waals surface area contributed by atoms with Gasteiger partial charge in [0.1, 0.15) is 5.75 Å². The quantitative estimate of drug-likeness (QED) is 0.379. The van der Waals surface area contributed by atoms with E-state index in [-0.39, 0.29) is 5.75 Å². The minimum Gasteiger partial charge on any atom is -0.507 e. The van der Waals surface area contributed by atoms with Gasteiger partial charge in [0.2, 0.25) is 17.8 Å². The molecule has 0 aliphatic rings. The lowest BCUT2D eigenvalue weighted by molar-refractivity contribution is 0.474. The maximum Gasteiger partial charge on any atom is 0.250 e. The number of nitrogens with one attached hydrogen (secondary N) is 2. The van der Waals surface area contributed by atoms with Crippen LogP contribution in [0.5, 0.6) is 5.75 Å². The number of anilines is 3. The van der Waals surface area contributed by atoms with Gasteiger partial charge in [-0.2, -0.15) is 20.1 Å². The van der Waals surface area contributed by atoms with Crippen LogP contribution >= 0.6 is 0 Å². The SMILES string of the molecule is CCN(CC)c1nc(NCc2ccccc2)nc(NN=Cc2ccccc2O)n1. The third-order valence-electron chi connectivity index (χ3n) is 4.27. The second-order valence-corrected chi connectivity index (χ2v) is 6.22. The number of hydrazone groups is 1. The largest absolute Gasteiger partial charge is 0.507 e. The van der Waals surface area contributed by atoms with Gasteiger partial charge in [-0.3, -0.25) is 0 Å². The van der Waals surface area contributed by atoms with Crippen molar-refractivity contribution in [3.63, 3.8) is 0 Å². The Balaban J connectivity index is 1.79. The predicted octanol–water partition coefficient (Wildman–Crippen LogP) is 3.48. The first-order valence-corrected chi connectivity index (χ1v) is 9.55. The molecule has 8 heteroatoms. The Morgan fingerprint density at radius 1 is 0.931 bits per heavy atom. The molecule has 0 amide bonds. The molecule has 8 nitrogen and oxygen atoms in total. The van der Waals surface area contributed by atoms with Crippen LogP contribution in [-0.2, 0) is 6.54 Å². The zero-order valence-corrected chi connectivity index (χ0v) is 16.6. The molecule has 3 N–H and O–H groups in total. The number of aromatic hydroxyl groups is 1. The van der Waals surface area contributed by atoms with Gasteiger partial charge in [-0.15, -0.1) is 0 Å². The standard InChI is InChI=1S/C21H25N7O/c1-3-28(4-2)21-25-19(22-14-16-10-6-5-7-11-16)24-20(26-21)27-23-15-17-12-8-9-13-18(17)29/h5-13,15,29H,3-4,14H2,1-2H3,(H2,22,24,25,26,27). The van der Waals surface area contributed by atoms with Crippen LogP contribution in [0.2, 0.25) is 0 Å². The van der Waals surface area contributed by atoms with Crippen molar-refractivity contribution in [3.05, 3.63) is 65.7 Å². The maximum absolute atomic E-state index is 9.83. The van der Waals surface area contributed by atoms with Crippen molar-refractivity contribution in [2.45, 2.75) is 20.4 Å². The second-order valence-electron chi connectivity index (χ2n) is 6.22. The minimum absolute atomic E-state index is 0.155. The van der Waals surface area contributed by atoms with E-state index < -0.39 is 0 Å². The van der Waals surface area contributed by atoms with Gasteiger partial charge in [-0.1, -0.05) is 42.5 Å². The summed E-state index contributed by atoms with van der Waals surface area (Å²) in [6, 6.07) is 17.0. The molecule has 2 aromatic carbocycles. The van der Waals surface area contributed by atoms with Gasteiger partial charge in [0.25, 0.3) is 0 Å². The average Bonchev–Trinajstić information content (AvgIpc) is 2.75. The number of aromatic nitrogens is 3. The molecule has 0 spiro atoms. The van der Waals surface area contributed by atoms with E-state index >= 15 is 0 Å². The van der Waals surface area contributed by atoms with Crippen molar-refractivity contribution in [3.8, 4) is 5.75 Å². The summed E-state index contributed by atoms with van der Waals surface area (Å²) < 4.78 is 0. The van der Waals surface area contributed by atoms with Crippen LogP contribution < -0.4 is 15.6 Å². The average molecular weight is 391 g/mol. The van der Waals surface area contributed by atoms with Crippen molar-refractivity contribution in [1.29, 1.82) is 0 Å². The minimum atomic E-state index is 0.155. The number of nitrogens with zero attached hydrogens (tertiary/aromatic N) is 5. The van der Waals surface area contributed by atoms with Crippen LogP contribution in [0, 0.1) is 0 Å². The first-order valence-electron chi connectivity index (χ1n) is 9.55. The fourth-order valence-corrected chi connectivity index (χ4v) is 2.67. The van der Waals surface area contributed by atoms with E-state index in [4.69, 9.17) is 0 Å². The Morgan fingerprint density at radius 3 is 2.34 bits per heavy atom. The third-order valence-corrected chi connectivity index (χ3v) is 4.27. The molecule has 0 saturated heterocycles. The smallest absolute Gasteiger partial charge is 0.250 e. The van der Waals surface area contributed by atoms with Crippen LogP contribution in [0.25, 0.3) is 0 Å². The Morgan fingerprint density at radius 2 is 1.62 bits per heavy atom. The molecule has 0 aliphatic carbocycles. The van der Waals surface area contributed by atoms with Gasteiger partial charge in [-0.05, 0) is 31.5 Å². The molecule has 1 aromatic heterocycles. The molecule has 3 aromatic rings. The molecule has 0 unspecified atom stereocenters. The summed E-state index contributed by atoms with van der Waals surface area (Å²) >= 11 is 0. The third kappa shape index (κ3) is 5.65. The summed E-state index contributed by atoms with van der Waals surface area (Å²) in [4.78, 5) is 15.4. The number of phenols is 1. The molecule has 0 atom stereocenters. The summed E-state index contributed by atoms with van der Waals surface area (Å²) in [6.45, 7) is 6.25. The topological polar surface area (TPSA) is 98.6 Å². The monoisotopic (exact) mass is 391 g/mol. The van der Waals surface area contributed by atoms with Crippen LogP contribution in [0.4, 0.5) is 17.8 Å². The van der Waals surface area contributed by atoms with Crippen LogP contribution in [0.3, 0.4) is 0 Å². The van der Waals surface area contributed by atoms with E-state index in [0.717, 1.165) is 18.7 Å². The number of hydrogen-bond acceptors (Lipinski definition) is 8. The van der Waals surface area contributed by atoms with Crippen molar-refractivity contribution < 1.29 is 5.11 Å². The molecule has 1 heterocycles.